The molecule has 0 spiro atoms. The Labute approximate surface area is 140 Å². The number of likely N-dealkylation sites (tertiary alicyclic amines) is 1. The summed E-state index contributed by atoms with van der Waals surface area (Å²) in [6.07, 6.45) is 5.02. The molecule has 2 aliphatic rings. The van der Waals surface area contributed by atoms with Crippen LogP contribution in [0, 0.1) is 0 Å². The van der Waals surface area contributed by atoms with Crippen LogP contribution in [0.2, 0.25) is 0 Å². The maximum absolute atomic E-state index is 10.7. The third-order valence-corrected chi connectivity index (χ3v) is 4.72. The first-order valence-corrected chi connectivity index (χ1v) is 8.43. The molecule has 0 unspecified atom stereocenters. The number of aliphatic hydroxyl groups is 1. The number of hydrogen-bond donors (Lipinski definition) is 1. The van der Waals surface area contributed by atoms with E-state index in [0.29, 0.717) is 25.8 Å². The number of ether oxygens (including phenoxy) is 2. The van der Waals surface area contributed by atoms with Gasteiger partial charge in [0.2, 0.25) is 0 Å². The molecule has 1 fully saturated rings. The molecule has 1 aromatic carbocycles. The second-order valence-electron chi connectivity index (χ2n) is 6.33. The van der Waals surface area contributed by atoms with E-state index in [-0.39, 0.29) is 0 Å². The Morgan fingerprint density at radius 1 is 1.25 bits per heavy atom. The predicted octanol–water partition coefficient (Wildman–Crippen LogP) is 1.25. The summed E-state index contributed by atoms with van der Waals surface area (Å²) in [5, 5.41) is 14.8. The number of nitrogens with zero attached hydrogens (tertiary/aromatic N) is 4. The topological polar surface area (TPSA) is 72.6 Å². The van der Waals surface area contributed by atoms with E-state index in [9.17, 15) is 5.11 Å². The van der Waals surface area contributed by atoms with Crippen molar-refractivity contribution in [2.24, 2.45) is 0 Å². The van der Waals surface area contributed by atoms with E-state index in [1.54, 1.807) is 12.7 Å². The van der Waals surface area contributed by atoms with Gasteiger partial charge in [0.25, 0.3) is 0 Å². The minimum absolute atomic E-state index is 0.388. The van der Waals surface area contributed by atoms with E-state index >= 15 is 0 Å². The van der Waals surface area contributed by atoms with Crippen molar-refractivity contribution in [3.05, 3.63) is 36.4 Å². The fourth-order valence-corrected chi connectivity index (χ4v) is 3.48. The summed E-state index contributed by atoms with van der Waals surface area (Å²) in [6, 6.07) is 6.07. The van der Waals surface area contributed by atoms with Crippen molar-refractivity contribution in [2.75, 3.05) is 26.3 Å². The zero-order valence-corrected chi connectivity index (χ0v) is 13.5. The molecule has 128 valence electrons. The SMILES string of the molecule is O[C@H](CN1CCC[C@@H]1Cn1cncn1)c1ccc2c(c1)OCCO2. The molecule has 7 heteroatoms. The highest BCUT2D eigenvalue weighted by molar-refractivity contribution is 5.44. The quantitative estimate of drug-likeness (QED) is 0.889. The van der Waals surface area contributed by atoms with Crippen molar-refractivity contribution in [3.63, 3.8) is 0 Å². The summed E-state index contributed by atoms with van der Waals surface area (Å²) < 4.78 is 13.0. The number of rotatable bonds is 5. The van der Waals surface area contributed by atoms with Crippen LogP contribution in [0.25, 0.3) is 0 Å². The summed E-state index contributed by atoms with van der Waals surface area (Å²) in [4.78, 5) is 6.33. The smallest absolute Gasteiger partial charge is 0.161 e. The first-order chi connectivity index (χ1) is 11.8. The Hall–Kier alpha value is -2.12. The third kappa shape index (κ3) is 3.22. The Kier molecular flexibility index (Phi) is 4.36. The van der Waals surface area contributed by atoms with Crippen LogP contribution < -0.4 is 9.47 Å². The van der Waals surface area contributed by atoms with Gasteiger partial charge in [0.05, 0.1) is 12.6 Å². The van der Waals surface area contributed by atoms with Gasteiger partial charge in [-0.25, -0.2) is 4.98 Å². The van der Waals surface area contributed by atoms with E-state index in [2.05, 4.69) is 15.0 Å². The molecular formula is C17H22N4O3. The maximum atomic E-state index is 10.7. The van der Waals surface area contributed by atoms with Gasteiger partial charge in [-0.3, -0.25) is 9.58 Å². The van der Waals surface area contributed by atoms with Gasteiger partial charge in [-0.05, 0) is 37.1 Å². The van der Waals surface area contributed by atoms with Gasteiger partial charge in [0, 0.05) is 12.6 Å². The lowest BCUT2D eigenvalue weighted by molar-refractivity contribution is 0.0996. The van der Waals surface area contributed by atoms with Gasteiger partial charge < -0.3 is 14.6 Å². The second-order valence-corrected chi connectivity index (χ2v) is 6.33. The molecule has 4 rings (SSSR count). The van der Waals surface area contributed by atoms with Gasteiger partial charge in [0.15, 0.2) is 11.5 Å². The van der Waals surface area contributed by atoms with Crippen LogP contribution in [0.1, 0.15) is 24.5 Å². The third-order valence-electron chi connectivity index (χ3n) is 4.72. The zero-order valence-electron chi connectivity index (χ0n) is 13.5. The lowest BCUT2D eigenvalue weighted by Gasteiger charge is -2.27. The van der Waals surface area contributed by atoms with Crippen LogP contribution in [0.15, 0.2) is 30.9 Å². The standard InChI is InChI=1S/C17H22N4O3/c22-15(13-3-4-16-17(8-13)24-7-6-23-16)10-20-5-1-2-14(20)9-21-12-18-11-19-21/h3-4,8,11-12,14-15,22H,1-2,5-7,9-10H2/t14-,15-/m1/s1. The molecular weight excluding hydrogens is 308 g/mol. The van der Waals surface area contributed by atoms with Gasteiger partial charge in [-0.1, -0.05) is 6.07 Å². The van der Waals surface area contributed by atoms with E-state index < -0.39 is 6.10 Å². The highest BCUT2D eigenvalue weighted by Gasteiger charge is 2.27. The fourth-order valence-electron chi connectivity index (χ4n) is 3.48. The Morgan fingerprint density at radius 3 is 2.96 bits per heavy atom. The maximum Gasteiger partial charge on any atom is 0.161 e. The minimum Gasteiger partial charge on any atom is -0.486 e. The number of aliphatic hydroxyl groups excluding tert-OH is 1. The van der Waals surface area contributed by atoms with Crippen LogP contribution in [-0.2, 0) is 6.54 Å². The van der Waals surface area contributed by atoms with Crippen LogP contribution in [0.4, 0.5) is 0 Å². The summed E-state index contributed by atoms with van der Waals surface area (Å²) in [7, 11) is 0. The van der Waals surface area contributed by atoms with Crippen LogP contribution >= 0.6 is 0 Å². The minimum atomic E-state index is -0.544. The van der Waals surface area contributed by atoms with Crippen molar-refractivity contribution >= 4 is 0 Å². The zero-order chi connectivity index (χ0) is 16.4. The Bertz CT molecular complexity index is 676. The second kappa shape index (κ2) is 6.78. The Morgan fingerprint density at radius 2 is 2.12 bits per heavy atom. The average molecular weight is 330 g/mol. The van der Waals surface area contributed by atoms with Crippen molar-refractivity contribution in [3.8, 4) is 11.5 Å². The number of β-amino-alcohol motifs (C(OH)–C–C–N with tert-alkyl or cyclic N) is 1. The molecule has 1 N–H and O–H groups in total. The number of aromatic nitrogens is 3. The monoisotopic (exact) mass is 330 g/mol. The van der Waals surface area contributed by atoms with Crippen LogP contribution in [0.5, 0.6) is 11.5 Å². The molecule has 0 radical (unpaired) electrons. The summed E-state index contributed by atoms with van der Waals surface area (Å²) in [5.74, 6) is 1.47. The van der Waals surface area contributed by atoms with Crippen LogP contribution in [0.3, 0.4) is 0 Å². The number of benzene rings is 1. The predicted molar refractivity (Wildman–Crippen MR) is 87.0 cm³/mol. The van der Waals surface area contributed by atoms with E-state index in [4.69, 9.17) is 9.47 Å². The van der Waals surface area contributed by atoms with E-state index in [0.717, 1.165) is 43.0 Å². The van der Waals surface area contributed by atoms with Gasteiger partial charge >= 0.3 is 0 Å². The lowest BCUT2D eigenvalue weighted by Crippen LogP contribution is -2.36. The molecule has 1 aromatic heterocycles. The van der Waals surface area contributed by atoms with Crippen LogP contribution in [-0.4, -0.2) is 57.1 Å². The molecule has 0 bridgehead atoms. The molecule has 3 heterocycles. The fraction of sp³-hybridized carbons (Fsp3) is 0.529. The summed E-state index contributed by atoms with van der Waals surface area (Å²) >= 11 is 0. The molecule has 2 atom stereocenters. The summed E-state index contributed by atoms with van der Waals surface area (Å²) in [5.41, 5.74) is 0.866. The Balaban J connectivity index is 1.42. The molecule has 0 saturated carbocycles. The molecule has 24 heavy (non-hydrogen) atoms. The normalized spacial score (nSPS) is 21.8. The van der Waals surface area contributed by atoms with Gasteiger partial charge in [-0.15, -0.1) is 0 Å². The largest absolute Gasteiger partial charge is 0.486 e. The molecule has 2 aliphatic heterocycles. The van der Waals surface area contributed by atoms with Gasteiger partial charge in [-0.2, -0.15) is 5.10 Å². The molecule has 0 amide bonds. The van der Waals surface area contributed by atoms with Crippen molar-refractivity contribution < 1.29 is 14.6 Å². The van der Waals surface area contributed by atoms with Gasteiger partial charge in [0.1, 0.15) is 25.9 Å². The van der Waals surface area contributed by atoms with Crippen molar-refractivity contribution in [1.29, 1.82) is 0 Å². The summed E-state index contributed by atoms with van der Waals surface area (Å²) in [6.45, 7) is 3.55. The van der Waals surface area contributed by atoms with E-state index in [1.165, 1.54) is 0 Å². The lowest BCUT2D eigenvalue weighted by atomic mass is 10.1. The molecule has 2 aromatic rings. The average Bonchev–Trinajstić information content (AvgIpc) is 3.27. The highest BCUT2D eigenvalue weighted by atomic mass is 16.6. The van der Waals surface area contributed by atoms with Crippen molar-refractivity contribution in [2.45, 2.75) is 31.5 Å². The first kappa shape index (κ1) is 15.4. The number of fused-ring (bicyclic) bond motifs is 1. The molecule has 7 nitrogen and oxygen atoms in total. The molecule has 1 saturated heterocycles. The molecule has 0 aliphatic carbocycles. The highest BCUT2D eigenvalue weighted by Crippen LogP contribution is 2.33. The van der Waals surface area contributed by atoms with E-state index in [1.807, 2.05) is 22.9 Å². The first-order valence-electron chi connectivity index (χ1n) is 8.43. The van der Waals surface area contributed by atoms with Crippen molar-refractivity contribution in [1.82, 2.24) is 19.7 Å². The number of hydrogen-bond acceptors (Lipinski definition) is 6.